The summed E-state index contributed by atoms with van der Waals surface area (Å²) in [6.07, 6.45) is 5.25. The van der Waals surface area contributed by atoms with Crippen molar-refractivity contribution in [2.24, 2.45) is 5.92 Å². The molecule has 2 fully saturated rings. The monoisotopic (exact) mass is 379 g/mol. The van der Waals surface area contributed by atoms with Gasteiger partial charge in [-0.05, 0) is 32.6 Å². The van der Waals surface area contributed by atoms with E-state index in [0.29, 0.717) is 44.7 Å². The number of carbonyl (C=O) groups is 3. The molecule has 2 atom stereocenters. The van der Waals surface area contributed by atoms with Crippen LogP contribution in [-0.4, -0.2) is 68.5 Å². The first-order valence-electron chi connectivity index (χ1n) is 9.23. The second-order valence-corrected chi connectivity index (χ2v) is 7.47. The average Bonchev–Trinajstić information content (AvgIpc) is 3.09. The highest BCUT2D eigenvalue weighted by Crippen LogP contribution is 2.22. The zero-order chi connectivity index (χ0) is 18.5. The lowest BCUT2D eigenvalue weighted by Gasteiger charge is -2.34. The molecule has 9 heteroatoms. The molecule has 0 aliphatic carbocycles. The summed E-state index contributed by atoms with van der Waals surface area (Å²) in [4.78, 5) is 40.7. The van der Waals surface area contributed by atoms with E-state index in [1.54, 1.807) is 4.90 Å². The number of nitrogens with zero attached hydrogens (tertiary/aromatic N) is 4. The van der Waals surface area contributed by atoms with Crippen molar-refractivity contribution in [3.63, 3.8) is 0 Å². The summed E-state index contributed by atoms with van der Waals surface area (Å²) in [6.45, 7) is 4.31. The van der Waals surface area contributed by atoms with Gasteiger partial charge >= 0.3 is 0 Å². The first-order valence-corrected chi connectivity index (χ1v) is 9.96. The van der Waals surface area contributed by atoms with Gasteiger partial charge in [0.1, 0.15) is 0 Å². The Hall–Kier alpha value is -2.03. The molecule has 1 aromatic rings. The SMILES string of the molecule is CCN1CC(C(=O)N2CCCC[C@H](NC(=O)c3cnsn3)C2)CCC1=O. The van der Waals surface area contributed by atoms with Gasteiger partial charge in [-0.25, -0.2) is 0 Å². The maximum Gasteiger partial charge on any atom is 0.272 e. The summed E-state index contributed by atoms with van der Waals surface area (Å²) in [5.41, 5.74) is 0.321. The van der Waals surface area contributed by atoms with Gasteiger partial charge in [0.2, 0.25) is 11.8 Å². The van der Waals surface area contributed by atoms with Crippen molar-refractivity contribution >= 4 is 29.4 Å². The molecule has 8 nitrogen and oxygen atoms in total. The van der Waals surface area contributed by atoms with Crippen LogP contribution >= 0.6 is 11.7 Å². The van der Waals surface area contributed by atoms with Gasteiger partial charge in [0, 0.05) is 38.6 Å². The lowest BCUT2D eigenvalue weighted by atomic mass is 9.96. The van der Waals surface area contributed by atoms with Crippen LogP contribution < -0.4 is 5.32 Å². The Labute approximate surface area is 157 Å². The molecule has 26 heavy (non-hydrogen) atoms. The molecule has 0 saturated carbocycles. The number of nitrogens with one attached hydrogen (secondary N) is 1. The molecule has 3 heterocycles. The summed E-state index contributed by atoms with van der Waals surface area (Å²) in [5.74, 6) is -0.134. The Balaban J connectivity index is 1.60. The van der Waals surface area contributed by atoms with Crippen molar-refractivity contribution in [2.45, 2.75) is 45.1 Å². The number of aromatic nitrogens is 2. The Bertz CT molecular complexity index is 651. The van der Waals surface area contributed by atoms with Crippen LogP contribution in [0.15, 0.2) is 6.20 Å². The molecule has 1 unspecified atom stereocenters. The third-order valence-electron chi connectivity index (χ3n) is 5.14. The van der Waals surface area contributed by atoms with Crippen LogP contribution in [0.2, 0.25) is 0 Å². The molecule has 2 aliphatic heterocycles. The first-order chi connectivity index (χ1) is 12.6. The van der Waals surface area contributed by atoms with Crippen LogP contribution in [-0.2, 0) is 9.59 Å². The zero-order valence-corrected chi connectivity index (χ0v) is 15.8. The van der Waals surface area contributed by atoms with Crippen molar-refractivity contribution in [3.05, 3.63) is 11.9 Å². The van der Waals surface area contributed by atoms with Gasteiger partial charge in [0.25, 0.3) is 5.91 Å². The number of carbonyl (C=O) groups excluding carboxylic acids is 3. The minimum Gasteiger partial charge on any atom is -0.346 e. The number of hydrogen-bond donors (Lipinski definition) is 1. The lowest BCUT2D eigenvalue weighted by Crippen LogP contribution is -2.50. The van der Waals surface area contributed by atoms with Crippen LogP contribution in [0.1, 0.15) is 49.5 Å². The predicted molar refractivity (Wildman–Crippen MR) is 96.6 cm³/mol. The third-order valence-corrected chi connectivity index (χ3v) is 5.62. The standard InChI is InChI=1S/C17H25N5O3S/c1-2-21-10-12(6-7-15(21)23)17(25)22-8-4-3-5-13(11-22)19-16(24)14-9-18-26-20-14/h9,12-13H,2-8,10-11H2,1H3,(H,19,24)/t12?,13-/m0/s1. The number of hydrogen-bond acceptors (Lipinski definition) is 6. The fourth-order valence-electron chi connectivity index (χ4n) is 3.66. The number of rotatable bonds is 4. The van der Waals surface area contributed by atoms with Crippen molar-refractivity contribution in [2.75, 3.05) is 26.2 Å². The van der Waals surface area contributed by atoms with Gasteiger partial charge in [-0.2, -0.15) is 8.75 Å². The maximum absolute atomic E-state index is 13.0. The average molecular weight is 379 g/mol. The van der Waals surface area contributed by atoms with E-state index in [2.05, 4.69) is 14.1 Å². The molecule has 0 spiro atoms. The Morgan fingerprint density at radius 2 is 2.15 bits per heavy atom. The summed E-state index contributed by atoms with van der Waals surface area (Å²) >= 11 is 1.00. The summed E-state index contributed by atoms with van der Waals surface area (Å²) in [5, 5.41) is 2.98. The largest absolute Gasteiger partial charge is 0.346 e. The Morgan fingerprint density at radius 3 is 2.88 bits per heavy atom. The van der Waals surface area contributed by atoms with Crippen molar-refractivity contribution in [1.82, 2.24) is 23.9 Å². The van der Waals surface area contributed by atoms with E-state index >= 15 is 0 Å². The summed E-state index contributed by atoms with van der Waals surface area (Å²) in [7, 11) is 0. The fraction of sp³-hybridized carbons (Fsp3) is 0.706. The van der Waals surface area contributed by atoms with Crippen LogP contribution in [0.25, 0.3) is 0 Å². The van der Waals surface area contributed by atoms with Crippen molar-refractivity contribution in [3.8, 4) is 0 Å². The smallest absolute Gasteiger partial charge is 0.272 e. The van der Waals surface area contributed by atoms with E-state index in [1.165, 1.54) is 6.20 Å². The van der Waals surface area contributed by atoms with Gasteiger partial charge in [0.15, 0.2) is 5.69 Å². The van der Waals surface area contributed by atoms with E-state index in [-0.39, 0.29) is 29.7 Å². The van der Waals surface area contributed by atoms with Gasteiger partial charge in [0.05, 0.1) is 23.8 Å². The van der Waals surface area contributed by atoms with E-state index < -0.39 is 0 Å². The second kappa shape index (κ2) is 8.57. The molecule has 0 bridgehead atoms. The van der Waals surface area contributed by atoms with Crippen LogP contribution in [0, 0.1) is 5.92 Å². The summed E-state index contributed by atoms with van der Waals surface area (Å²) in [6, 6.07) is -0.0804. The maximum atomic E-state index is 13.0. The van der Waals surface area contributed by atoms with E-state index in [0.717, 1.165) is 31.0 Å². The minimum absolute atomic E-state index is 0.0804. The zero-order valence-electron chi connectivity index (χ0n) is 15.0. The highest BCUT2D eigenvalue weighted by Gasteiger charge is 2.33. The van der Waals surface area contributed by atoms with Crippen LogP contribution in [0.3, 0.4) is 0 Å². The van der Waals surface area contributed by atoms with E-state index in [9.17, 15) is 14.4 Å². The molecule has 1 aromatic heterocycles. The van der Waals surface area contributed by atoms with Crippen LogP contribution in [0.4, 0.5) is 0 Å². The van der Waals surface area contributed by atoms with Gasteiger partial charge in [-0.3, -0.25) is 14.4 Å². The minimum atomic E-state index is -0.238. The molecule has 2 aliphatic rings. The van der Waals surface area contributed by atoms with Crippen molar-refractivity contribution < 1.29 is 14.4 Å². The van der Waals surface area contributed by atoms with Crippen LogP contribution in [0.5, 0.6) is 0 Å². The number of likely N-dealkylation sites (tertiary alicyclic amines) is 2. The van der Waals surface area contributed by atoms with Gasteiger partial charge in [-0.15, -0.1) is 0 Å². The van der Waals surface area contributed by atoms with E-state index in [1.807, 2.05) is 11.8 Å². The topological polar surface area (TPSA) is 95.5 Å². The molecule has 142 valence electrons. The normalized spacial score (nSPS) is 24.3. The summed E-state index contributed by atoms with van der Waals surface area (Å²) < 4.78 is 7.81. The van der Waals surface area contributed by atoms with E-state index in [4.69, 9.17) is 0 Å². The predicted octanol–water partition coefficient (Wildman–Crippen LogP) is 0.907. The lowest BCUT2D eigenvalue weighted by molar-refractivity contribution is -0.143. The molecular formula is C17H25N5O3S. The molecule has 3 rings (SSSR count). The molecule has 1 N–H and O–H groups in total. The Kier molecular flexibility index (Phi) is 6.18. The molecular weight excluding hydrogens is 354 g/mol. The molecule has 0 aromatic carbocycles. The number of piperidine rings is 1. The van der Waals surface area contributed by atoms with Gasteiger partial charge in [-0.1, -0.05) is 0 Å². The molecule has 2 saturated heterocycles. The first kappa shape index (κ1) is 18.8. The second-order valence-electron chi connectivity index (χ2n) is 6.91. The van der Waals surface area contributed by atoms with Crippen molar-refractivity contribution in [1.29, 1.82) is 0 Å². The highest BCUT2D eigenvalue weighted by atomic mass is 32.1. The third kappa shape index (κ3) is 4.38. The highest BCUT2D eigenvalue weighted by molar-refractivity contribution is 6.99. The number of amides is 3. The molecule has 3 amide bonds. The fourth-order valence-corrected chi connectivity index (χ4v) is 4.08. The molecule has 0 radical (unpaired) electrons. The Morgan fingerprint density at radius 1 is 1.31 bits per heavy atom. The quantitative estimate of drug-likeness (QED) is 0.839. The van der Waals surface area contributed by atoms with Gasteiger partial charge < -0.3 is 15.1 Å².